The van der Waals surface area contributed by atoms with E-state index in [1.165, 1.54) is 88.3 Å². The summed E-state index contributed by atoms with van der Waals surface area (Å²) < 4.78 is 8.50. The van der Waals surface area contributed by atoms with E-state index in [0.29, 0.717) is 0 Å². The predicted octanol–water partition coefficient (Wildman–Crippen LogP) is 14.3. The van der Waals surface area contributed by atoms with Crippen molar-refractivity contribution in [2.24, 2.45) is 0 Å². The second-order valence-electron chi connectivity index (χ2n) is 14.8. The van der Waals surface area contributed by atoms with Crippen molar-refractivity contribution >= 4 is 54.5 Å². The van der Waals surface area contributed by atoms with Gasteiger partial charge in [-0.25, -0.2) is 0 Å². The van der Waals surface area contributed by atoms with Crippen molar-refractivity contribution in [1.82, 2.24) is 4.57 Å². The maximum absolute atomic E-state index is 6.12. The predicted molar refractivity (Wildman–Crippen MR) is 229 cm³/mol. The first-order chi connectivity index (χ1) is 27.3. The summed E-state index contributed by atoms with van der Waals surface area (Å²) in [6, 6.07) is 71.1. The number of rotatable bonds is 4. The van der Waals surface area contributed by atoms with Crippen LogP contribution in [0.25, 0.3) is 93.6 Å². The maximum Gasteiger partial charge on any atom is 0.135 e. The van der Waals surface area contributed by atoms with Crippen LogP contribution in [-0.2, 0) is 0 Å². The standard InChI is InChI=1S/C53H33NO/c1-2-12-38(13-3-1)54-49-19-8-6-15-41(49)47-31-35(23-27-50(47)54)34-22-26-45-46(30-34)40-14-4-5-17-44(40)53(45)43-18-10-11-37-29-33(21-25-39(37)43)36-24-28-52-48(32-36)42-16-7-9-20-51(42)55-52/h1-32,53H. The molecule has 0 N–H and O–H groups in total. The molecule has 1 aliphatic rings. The van der Waals surface area contributed by atoms with E-state index in [1.54, 1.807) is 0 Å². The minimum absolute atomic E-state index is 0.148. The third-order valence-corrected chi connectivity index (χ3v) is 11.9. The Bertz CT molecular complexity index is 3330. The van der Waals surface area contributed by atoms with Crippen molar-refractivity contribution in [3.63, 3.8) is 0 Å². The zero-order chi connectivity index (χ0) is 36.0. The van der Waals surface area contributed by atoms with Gasteiger partial charge >= 0.3 is 0 Å². The Balaban J connectivity index is 0.963. The van der Waals surface area contributed by atoms with Crippen LogP contribution in [-0.4, -0.2) is 4.57 Å². The van der Waals surface area contributed by atoms with E-state index < -0.39 is 0 Å². The molecule has 256 valence electrons. The third kappa shape index (κ3) is 4.55. The summed E-state index contributed by atoms with van der Waals surface area (Å²) in [5.41, 5.74) is 17.0. The highest BCUT2D eigenvalue weighted by Crippen LogP contribution is 2.51. The molecular formula is C53H33NO. The Labute approximate surface area is 318 Å². The van der Waals surface area contributed by atoms with Crippen LogP contribution < -0.4 is 0 Å². The van der Waals surface area contributed by atoms with Crippen molar-refractivity contribution < 1.29 is 4.42 Å². The normalized spacial score (nSPS) is 13.6. The third-order valence-electron chi connectivity index (χ3n) is 11.9. The summed E-state index contributed by atoms with van der Waals surface area (Å²) in [6.07, 6.45) is 0. The molecule has 55 heavy (non-hydrogen) atoms. The molecule has 0 spiro atoms. The highest BCUT2D eigenvalue weighted by molar-refractivity contribution is 6.11. The van der Waals surface area contributed by atoms with Crippen LogP contribution in [0.2, 0.25) is 0 Å². The van der Waals surface area contributed by atoms with Gasteiger partial charge in [0.2, 0.25) is 0 Å². The molecule has 0 saturated carbocycles. The number of benzene rings is 9. The molecule has 1 aliphatic carbocycles. The van der Waals surface area contributed by atoms with Crippen molar-refractivity contribution in [3.05, 3.63) is 211 Å². The number of furan rings is 1. The molecular weight excluding hydrogens is 667 g/mol. The highest BCUT2D eigenvalue weighted by atomic mass is 16.3. The van der Waals surface area contributed by atoms with E-state index in [2.05, 4.69) is 187 Å². The summed E-state index contributed by atoms with van der Waals surface area (Å²) >= 11 is 0. The van der Waals surface area contributed by atoms with E-state index in [4.69, 9.17) is 4.42 Å². The number of aromatic nitrogens is 1. The Morgan fingerprint density at radius 2 is 0.982 bits per heavy atom. The fourth-order valence-corrected chi connectivity index (χ4v) is 9.37. The van der Waals surface area contributed by atoms with Gasteiger partial charge in [-0.2, -0.15) is 0 Å². The minimum Gasteiger partial charge on any atom is -0.456 e. The van der Waals surface area contributed by atoms with Crippen LogP contribution in [0.3, 0.4) is 0 Å². The lowest BCUT2D eigenvalue weighted by atomic mass is 9.85. The first-order valence-corrected chi connectivity index (χ1v) is 19.0. The SMILES string of the molecule is c1ccc(-n2c3ccccc3c3cc(-c4ccc5c(c4)-c4ccccc4C5c4cccc5cc(-c6ccc7oc8ccccc8c7c6)ccc45)ccc32)cc1. The summed E-state index contributed by atoms with van der Waals surface area (Å²) in [6.45, 7) is 0. The van der Waals surface area contributed by atoms with Gasteiger partial charge in [-0.05, 0) is 122 Å². The Kier molecular flexibility index (Phi) is 6.43. The van der Waals surface area contributed by atoms with Crippen LogP contribution in [0.15, 0.2) is 199 Å². The lowest BCUT2D eigenvalue weighted by Gasteiger charge is -2.18. The van der Waals surface area contributed by atoms with Crippen molar-refractivity contribution in [2.45, 2.75) is 5.92 Å². The molecule has 2 aromatic heterocycles. The van der Waals surface area contributed by atoms with Gasteiger partial charge in [0, 0.05) is 33.2 Å². The minimum atomic E-state index is 0.148. The second-order valence-corrected chi connectivity index (χ2v) is 14.8. The van der Waals surface area contributed by atoms with Crippen LogP contribution in [0, 0.1) is 0 Å². The summed E-state index contributed by atoms with van der Waals surface area (Å²) in [7, 11) is 0. The lowest BCUT2D eigenvalue weighted by molar-refractivity contribution is 0.669. The molecule has 12 rings (SSSR count). The van der Waals surface area contributed by atoms with E-state index >= 15 is 0 Å². The molecule has 1 atom stereocenters. The molecule has 2 nitrogen and oxygen atoms in total. The maximum atomic E-state index is 6.12. The van der Waals surface area contributed by atoms with E-state index in [0.717, 1.165) is 21.9 Å². The highest BCUT2D eigenvalue weighted by Gasteiger charge is 2.31. The molecule has 9 aromatic carbocycles. The number of fused-ring (bicyclic) bond motifs is 10. The molecule has 0 amide bonds. The van der Waals surface area contributed by atoms with Crippen molar-refractivity contribution in [2.75, 3.05) is 0 Å². The Morgan fingerprint density at radius 1 is 0.345 bits per heavy atom. The summed E-state index contributed by atoms with van der Waals surface area (Å²) in [5, 5.41) is 7.38. The monoisotopic (exact) mass is 699 g/mol. The molecule has 2 heteroatoms. The largest absolute Gasteiger partial charge is 0.456 e. The van der Waals surface area contributed by atoms with Gasteiger partial charge < -0.3 is 8.98 Å². The van der Waals surface area contributed by atoms with Crippen LogP contribution in [0.5, 0.6) is 0 Å². The fourth-order valence-electron chi connectivity index (χ4n) is 9.37. The van der Waals surface area contributed by atoms with Gasteiger partial charge in [0.1, 0.15) is 11.2 Å². The number of nitrogens with zero attached hydrogens (tertiary/aromatic N) is 1. The van der Waals surface area contributed by atoms with Crippen molar-refractivity contribution in [3.8, 4) is 39.1 Å². The van der Waals surface area contributed by atoms with Crippen molar-refractivity contribution in [1.29, 1.82) is 0 Å². The molecule has 2 heterocycles. The zero-order valence-corrected chi connectivity index (χ0v) is 29.9. The average molecular weight is 700 g/mol. The topological polar surface area (TPSA) is 18.1 Å². The molecule has 0 saturated heterocycles. The first kappa shape index (κ1) is 30.3. The van der Waals surface area contributed by atoms with E-state index in [-0.39, 0.29) is 5.92 Å². The van der Waals surface area contributed by atoms with Gasteiger partial charge in [-0.15, -0.1) is 0 Å². The molecule has 0 bridgehead atoms. The first-order valence-electron chi connectivity index (χ1n) is 19.0. The van der Waals surface area contributed by atoms with E-state index in [1.807, 2.05) is 12.1 Å². The smallest absolute Gasteiger partial charge is 0.135 e. The van der Waals surface area contributed by atoms with Gasteiger partial charge in [0.25, 0.3) is 0 Å². The summed E-state index contributed by atoms with van der Waals surface area (Å²) in [4.78, 5) is 0. The van der Waals surface area contributed by atoms with Gasteiger partial charge in [0.05, 0.1) is 11.0 Å². The van der Waals surface area contributed by atoms with Gasteiger partial charge in [-0.1, -0.05) is 133 Å². The number of hydrogen-bond donors (Lipinski definition) is 0. The molecule has 1 unspecified atom stereocenters. The lowest BCUT2D eigenvalue weighted by Crippen LogP contribution is -2.00. The molecule has 0 aliphatic heterocycles. The molecule has 11 aromatic rings. The Hall–Kier alpha value is -7.16. The average Bonchev–Trinajstić information content (AvgIpc) is 3.90. The van der Waals surface area contributed by atoms with Crippen LogP contribution >= 0.6 is 0 Å². The van der Waals surface area contributed by atoms with Crippen LogP contribution in [0.4, 0.5) is 0 Å². The van der Waals surface area contributed by atoms with Gasteiger partial charge in [0.15, 0.2) is 0 Å². The molecule has 0 fully saturated rings. The zero-order valence-electron chi connectivity index (χ0n) is 29.9. The van der Waals surface area contributed by atoms with E-state index in [9.17, 15) is 0 Å². The summed E-state index contributed by atoms with van der Waals surface area (Å²) in [5.74, 6) is 0.148. The second kappa shape index (κ2) is 11.7. The fraction of sp³-hybridized carbons (Fsp3) is 0.0189. The molecule has 0 radical (unpaired) electrons. The Morgan fingerprint density at radius 3 is 1.91 bits per heavy atom. The van der Waals surface area contributed by atoms with Gasteiger partial charge in [-0.3, -0.25) is 0 Å². The number of para-hydroxylation sites is 3. The number of hydrogen-bond acceptors (Lipinski definition) is 1. The quantitative estimate of drug-likeness (QED) is 0.179. The van der Waals surface area contributed by atoms with Crippen LogP contribution in [0.1, 0.15) is 22.6 Å².